The van der Waals surface area contributed by atoms with E-state index in [-0.39, 0.29) is 86.8 Å². The average molecular weight is 1900 g/mol. The second-order valence-electron chi connectivity index (χ2n) is 41.4. The normalized spacial score (nSPS) is 21.7. The Hall–Kier alpha value is -14.7. The molecule has 10 fully saturated rings. The lowest BCUT2D eigenvalue weighted by Crippen LogP contribution is -2.61. The Bertz CT molecular complexity index is 6720. The number of carbonyl (C=O) groups is 10. The van der Waals surface area contributed by atoms with Gasteiger partial charge in [-0.05, 0) is 254 Å². The zero-order valence-electron chi connectivity index (χ0n) is 80.8. The minimum Gasteiger partial charge on any atom is -0.323 e. The second kappa shape index (κ2) is 36.8. The number of benzene rings is 5. The third-order valence-corrected chi connectivity index (χ3v) is 30.7. The highest BCUT2D eigenvalue weighted by Crippen LogP contribution is 2.51. The molecule has 20 heterocycles. The number of nitrogens with one attached hydrogen (secondary N) is 5. The van der Waals surface area contributed by atoms with Crippen LogP contribution in [0.15, 0.2) is 195 Å². The van der Waals surface area contributed by atoms with Crippen molar-refractivity contribution in [3.05, 3.63) is 239 Å². The van der Waals surface area contributed by atoms with Gasteiger partial charge in [0.1, 0.15) is 0 Å². The molecule has 0 saturated carbocycles. The largest absolute Gasteiger partial charge is 0.330 e. The summed E-state index contributed by atoms with van der Waals surface area (Å²) in [5.41, 5.74) is 12.1. The molecule has 5 aromatic heterocycles. The summed E-state index contributed by atoms with van der Waals surface area (Å²) in [6.45, 7) is 23.9. The van der Waals surface area contributed by atoms with Crippen LogP contribution in [0.2, 0.25) is 0 Å². The fourth-order valence-electron chi connectivity index (χ4n) is 23.8. The van der Waals surface area contributed by atoms with Crippen LogP contribution in [0.5, 0.6) is 0 Å². The van der Waals surface area contributed by atoms with Crippen LogP contribution in [0.25, 0.3) is 0 Å². The zero-order valence-corrected chi connectivity index (χ0v) is 80.8. The zero-order chi connectivity index (χ0) is 97.7. The molecule has 0 aliphatic carbocycles. The van der Waals surface area contributed by atoms with E-state index < -0.39 is 0 Å². The first-order valence-electron chi connectivity index (χ1n) is 48.8. The second-order valence-corrected chi connectivity index (χ2v) is 41.4. The first-order valence-corrected chi connectivity index (χ1v) is 48.8. The van der Waals surface area contributed by atoms with Gasteiger partial charge in [0.25, 0.3) is 29.5 Å². The number of urea groups is 5. The van der Waals surface area contributed by atoms with Gasteiger partial charge in [-0.15, -0.1) is 0 Å². The number of likely N-dealkylation sites (tertiary alicyclic amines) is 10. The molecule has 2 atom stereocenters. The van der Waals surface area contributed by atoms with Crippen molar-refractivity contribution in [2.24, 2.45) is 27.1 Å². The smallest absolute Gasteiger partial charge is 0.323 e. The lowest BCUT2D eigenvalue weighted by molar-refractivity contribution is 0.0339. The maximum atomic E-state index is 13.8. The fraction of sp³-hybridized carbons (Fsp3) is 0.387. The molecule has 0 bridgehead atoms. The molecule has 15 amide bonds. The van der Waals surface area contributed by atoms with Crippen molar-refractivity contribution in [3.63, 3.8) is 0 Å². The van der Waals surface area contributed by atoms with Crippen molar-refractivity contribution in [2.45, 2.75) is 72.1 Å². The molecule has 15 aliphatic heterocycles. The number of anilines is 15. The molecular weight excluding hydrogens is 1780 g/mol. The van der Waals surface area contributed by atoms with E-state index in [1.807, 2.05) is 124 Å². The highest BCUT2D eigenvalue weighted by atomic mass is 16.2. The number of pyridine rings is 5. The molecule has 2 unspecified atom stereocenters. The van der Waals surface area contributed by atoms with Gasteiger partial charge in [0, 0.05) is 163 Å². The first kappa shape index (κ1) is 92.7. The Morgan fingerprint density at radius 2 is 0.518 bits per heavy atom. The van der Waals surface area contributed by atoms with Crippen LogP contribution in [0.4, 0.5) is 110 Å². The fourth-order valence-corrected chi connectivity index (χ4v) is 23.8. The van der Waals surface area contributed by atoms with Crippen molar-refractivity contribution < 1.29 is 47.9 Å². The highest BCUT2D eigenvalue weighted by molar-refractivity contribution is 6.22. The van der Waals surface area contributed by atoms with Crippen LogP contribution < -0.4 is 51.1 Å². The molecule has 35 nitrogen and oxygen atoms in total. The first-order chi connectivity index (χ1) is 68.0. The third kappa shape index (κ3) is 17.5. The van der Waals surface area contributed by atoms with E-state index in [2.05, 4.69) is 111 Å². The lowest BCUT2D eigenvalue weighted by atomic mass is 9.79. The van der Waals surface area contributed by atoms with Gasteiger partial charge in [0.2, 0.25) is 0 Å². The molecule has 5 spiro atoms. The van der Waals surface area contributed by atoms with Gasteiger partial charge in [0.05, 0.1) is 84.7 Å². The van der Waals surface area contributed by atoms with Gasteiger partial charge in [-0.25, -0.2) is 73.4 Å². The number of hydrogen-bond donors (Lipinski definition) is 5. The monoisotopic (exact) mass is 1900 g/mol. The topological polar surface area (TPSA) is 344 Å². The molecule has 10 saturated heterocycles. The van der Waals surface area contributed by atoms with Gasteiger partial charge in [-0.1, -0.05) is 60.5 Å². The summed E-state index contributed by atoms with van der Waals surface area (Å²) in [5, 5.41) is 14.5. The predicted molar refractivity (Wildman–Crippen MR) is 540 cm³/mol. The van der Waals surface area contributed by atoms with Crippen LogP contribution >= 0.6 is 0 Å². The molecular formula is C106H117N25O10. The maximum Gasteiger partial charge on any atom is 0.330 e. The summed E-state index contributed by atoms with van der Waals surface area (Å²) in [6, 6.07) is 48.4. The number of amides is 15. The van der Waals surface area contributed by atoms with Gasteiger partial charge in [0.15, 0.2) is 29.1 Å². The van der Waals surface area contributed by atoms with Crippen molar-refractivity contribution in [3.8, 4) is 0 Å². The van der Waals surface area contributed by atoms with Crippen molar-refractivity contribution in [2.75, 3.05) is 217 Å². The molecule has 0 radical (unpaired) electrons. The Morgan fingerprint density at radius 3 is 0.830 bits per heavy atom. The van der Waals surface area contributed by atoms with E-state index in [0.717, 1.165) is 199 Å². The Kier molecular flexibility index (Phi) is 24.2. The van der Waals surface area contributed by atoms with Crippen molar-refractivity contribution in [1.29, 1.82) is 0 Å². The predicted octanol–water partition coefficient (Wildman–Crippen LogP) is 14.7. The van der Waals surface area contributed by atoms with Gasteiger partial charge < -0.3 is 75.6 Å². The van der Waals surface area contributed by atoms with Crippen molar-refractivity contribution >= 4 is 146 Å². The van der Waals surface area contributed by atoms with E-state index in [9.17, 15) is 47.9 Å². The number of fused-ring (bicyclic) bond motifs is 10. The maximum absolute atomic E-state index is 13.8. The molecule has 141 heavy (non-hydrogen) atoms. The minimum atomic E-state index is -0.229. The van der Waals surface area contributed by atoms with E-state index in [4.69, 9.17) is 0 Å². The van der Waals surface area contributed by atoms with E-state index in [0.29, 0.717) is 114 Å². The third-order valence-electron chi connectivity index (χ3n) is 30.7. The summed E-state index contributed by atoms with van der Waals surface area (Å²) in [4.78, 5) is 183. The number of carbonyl (C=O) groups excluding carboxylic acids is 10. The number of para-hydroxylation sites is 2. The quantitative estimate of drug-likeness (QED) is 0.102. The number of aryl methyl sites for hydroxylation is 3. The van der Waals surface area contributed by atoms with Crippen LogP contribution in [0, 0.1) is 40.9 Å². The van der Waals surface area contributed by atoms with Crippen LogP contribution in [0.3, 0.4) is 0 Å². The SMILES string of the molecule is CCc1ccc2c(c1)C(=O)Nc1cccnc1N2C(=O)N1CC2(CCN(C)C2)C1.CN1CCC2(C1)CN(C(=O)N1c3ccccc3C(=O)Nc3cccnc31)C2.CN1CCC2(CCN(C(=O)N3c4ccccc4C(=O)Nc4cccnc43)C2)C1.Cc1ccc2c(c1)C(=O)Nc1cccnc1N2C(=O)N1CCC2(CCN(C)C2)C1.Cc1ccc2c(c1)C(=O)Nc1cccnc1N2C(=O)N1CCC2(CN(C)C2)C1. The summed E-state index contributed by atoms with van der Waals surface area (Å²) < 4.78 is 0. The van der Waals surface area contributed by atoms with Crippen LogP contribution in [-0.4, -0.2) is 300 Å². The summed E-state index contributed by atoms with van der Waals surface area (Å²) in [5.74, 6) is 1.23. The average Bonchev–Trinajstić information content (AvgIpc) is 1.69. The molecule has 25 rings (SSSR count). The Balaban J connectivity index is 0.000000104. The molecule has 5 aromatic carbocycles. The van der Waals surface area contributed by atoms with Crippen molar-refractivity contribution in [1.82, 2.24) is 73.9 Å². The number of aromatic nitrogens is 5. The van der Waals surface area contributed by atoms with Crippen LogP contribution in [0.1, 0.15) is 120 Å². The Morgan fingerprint density at radius 1 is 0.270 bits per heavy atom. The van der Waals surface area contributed by atoms with E-state index >= 15 is 0 Å². The van der Waals surface area contributed by atoms with Gasteiger partial charge in [-0.2, -0.15) is 0 Å². The van der Waals surface area contributed by atoms with Gasteiger partial charge in [-0.3, -0.25) is 24.0 Å². The van der Waals surface area contributed by atoms with Crippen LogP contribution in [-0.2, 0) is 6.42 Å². The molecule has 15 aliphatic rings. The lowest BCUT2D eigenvalue weighted by Gasteiger charge is -2.49. The molecule has 10 aromatic rings. The number of rotatable bonds is 1. The van der Waals surface area contributed by atoms with E-state index in [1.54, 1.807) is 140 Å². The minimum absolute atomic E-state index is 0.113. The summed E-state index contributed by atoms with van der Waals surface area (Å²) >= 11 is 0. The van der Waals surface area contributed by atoms with E-state index in [1.165, 1.54) is 0 Å². The number of nitrogens with zero attached hydrogens (tertiary/aromatic N) is 20. The summed E-state index contributed by atoms with van der Waals surface area (Å²) in [7, 11) is 10.7. The molecule has 726 valence electrons. The summed E-state index contributed by atoms with van der Waals surface area (Å²) in [6.07, 6.45) is 16.6. The highest BCUT2D eigenvalue weighted by Gasteiger charge is 2.55. The molecule has 35 heteroatoms. The van der Waals surface area contributed by atoms with Gasteiger partial charge >= 0.3 is 30.2 Å². The number of hydrogen-bond acceptors (Lipinski definition) is 20. The Labute approximate surface area is 818 Å². The molecule has 5 N–H and O–H groups in total. The standard InChI is InChI=1S/2C22H25N5O2.2C21H23N5O2.C20H21N5O2/c1-15-5-6-18-16(12-15)20(28)24-17-4-3-9-23-19(17)27(18)21(29)26-11-8-22(14-26)7-10-25(2)13-22;1-3-15-6-7-18-16(11-15)20(28)24-17-5-4-9-23-19(17)27(18)21(29)26-13-22(14-26)8-10-25(2)12-22;1-14-5-6-17-15(10-14)19(27)23-16-4-3-8-22-18(16)26(17)20(28)25-9-7-21(13-25)11-24(2)12-21;1-24-11-8-21(13-24)9-12-25(14-21)20(28)26-17-7-3-2-5-15(17)19(27)23-16-6-4-10-22-18(16)26;1-23-10-8-20(11-23)12-24(13-20)19(27)25-16-7-3-2-5-14(16)18(26)22-15-6-4-9-21-17(15)25/h3-6,9,12H,7-8,10-11,13-14H2,1-2H3,(H,24,28);4-7,9,11H,3,8,10,12-14H2,1-2H3,(H,24,28);3-6,8,10H,7,9,11-13H2,1-2H3,(H,23,27);2-7,10H,8-9,11-14H2,1H3,(H,23,27);2-7,9H,8,10-13H2,1H3,(H,22,26).